The summed E-state index contributed by atoms with van der Waals surface area (Å²) in [5.41, 5.74) is 4.57. The summed E-state index contributed by atoms with van der Waals surface area (Å²) in [5, 5.41) is 3.48. The van der Waals surface area contributed by atoms with Crippen molar-refractivity contribution in [2.24, 2.45) is 5.92 Å². The summed E-state index contributed by atoms with van der Waals surface area (Å²) in [6, 6.07) is 0. The summed E-state index contributed by atoms with van der Waals surface area (Å²) in [4.78, 5) is 0. The maximum atomic E-state index is 3.48. The van der Waals surface area contributed by atoms with E-state index in [1.807, 2.05) is 0 Å². The van der Waals surface area contributed by atoms with Gasteiger partial charge in [0.1, 0.15) is 0 Å². The molecule has 0 spiro atoms. The maximum Gasteiger partial charge on any atom is 0.0259 e. The third kappa shape index (κ3) is 0.566. The van der Waals surface area contributed by atoms with Crippen LogP contribution in [0.5, 0.6) is 0 Å². The molecule has 1 heterocycles. The smallest absolute Gasteiger partial charge is 0.0259 e. The van der Waals surface area contributed by atoms with Gasteiger partial charge >= 0.3 is 0 Å². The molecule has 1 unspecified atom stereocenters. The van der Waals surface area contributed by atoms with Gasteiger partial charge in [0, 0.05) is 18.2 Å². The van der Waals surface area contributed by atoms with Crippen LogP contribution in [0.4, 0.5) is 0 Å². The Balaban J connectivity index is 2.07. The monoisotopic (exact) mass is 145 g/mol. The fourth-order valence-corrected chi connectivity index (χ4v) is 2.30. The van der Waals surface area contributed by atoms with Gasteiger partial charge in [0.05, 0.1) is 0 Å². The first-order valence-corrected chi connectivity index (χ1v) is 4.33. The lowest BCUT2D eigenvalue weighted by Gasteiger charge is -2.38. The van der Waals surface area contributed by atoms with Crippen LogP contribution in [0.25, 0.3) is 0 Å². The SMILES string of the molecule is C1=CC2=C3NCCCC3C2=C1. The predicted molar refractivity (Wildman–Crippen MR) is 45.0 cm³/mol. The number of rotatable bonds is 0. The first-order valence-electron chi connectivity index (χ1n) is 4.33. The predicted octanol–water partition coefficient (Wildman–Crippen LogP) is 1.75. The van der Waals surface area contributed by atoms with Crippen molar-refractivity contribution >= 4 is 0 Å². The highest BCUT2D eigenvalue weighted by Gasteiger charge is 2.36. The van der Waals surface area contributed by atoms with E-state index in [-0.39, 0.29) is 0 Å². The van der Waals surface area contributed by atoms with E-state index in [2.05, 4.69) is 23.5 Å². The van der Waals surface area contributed by atoms with Gasteiger partial charge in [0.2, 0.25) is 0 Å². The summed E-state index contributed by atoms with van der Waals surface area (Å²) in [6.45, 7) is 1.18. The molecule has 1 heteroatoms. The molecular formula is C10H11N. The van der Waals surface area contributed by atoms with Crippen molar-refractivity contribution in [3.05, 3.63) is 35.1 Å². The number of hydrogen-bond donors (Lipinski definition) is 1. The minimum atomic E-state index is 0.772. The van der Waals surface area contributed by atoms with E-state index in [1.54, 1.807) is 5.57 Å². The second-order valence-corrected chi connectivity index (χ2v) is 3.43. The van der Waals surface area contributed by atoms with Gasteiger partial charge in [0.25, 0.3) is 0 Å². The Bertz CT molecular complexity index is 294. The molecule has 0 amide bonds. The van der Waals surface area contributed by atoms with Crippen LogP contribution in [0.1, 0.15) is 12.8 Å². The summed E-state index contributed by atoms with van der Waals surface area (Å²) in [6.07, 6.45) is 9.34. The number of nitrogens with one attached hydrogen (secondary N) is 1. The third-order valence-electron chi connectivity index (χ3n) is 2.85. The Kier molecular flexibility index (Phi) is 0.916. The van der Waals surface area contributed by atoms with Crippen molar-refractivity contribution in [1.29, 1.82) is 0 Å². The molecule has 11 heavy (non-hydrogen) atoms. The number of hydrogen-bond acceptors (Lipinski definition) is 1. The maximum absolute atomic E-state index is 3.48. The van der Waals surface area contributed by atoms with Crippen LogP contribution in [0.15, 0.2) is 35.1 Å². The normalized spacial score (nSPS) is 32.0. The quantitative estimate of drug-likeness (QED) is 0.547. The van der Waals surface area contributed by atoms with Gasteiger partial charge in [-0.2, -0.15) is 0 Å². The average molecular weight is 145 g/mol. The lowest BCUT2D eigenvalue weighted by molar-refractivity contribution is 0.461. The van der Waals surface area contributed by atoms with E-state index < -0.39 is 0 Å². The average Bonchev–Trinajstić information content (AvgIpc) is 2.44. The molecule has 0 aromatic carbocycles. The number of allylic oxidation sites excluding steroid dienone is 5. The first-order chi connectivity index (χ1) is 5.47. The van der Waals surface area contributed by atoms with E-state index in [9.17, 15) is 0 Å². The summed E-state index contributed by atoms with van der Waals surface area (Å²) in [5.74, 6) is 0.772. The highest BCUT2D eigenvalue weighted by Crippen LogP contribution is 2.46. The van der Waals surface area contributed by atoms with Crippen LogP contribution in [0.3, 0.4) is 0 Å². The Morgan fingerprint density at radius 1 is 1.45 bits per heavy atom. The molecule has 0 aromatic rings. The van der Waals surface area contributed by atoms with Crippen LogP contribution in [0.2, 0.25) is 0 Å². The van der Waals surface area contributed by atoms with Crippen molar-refractivity contribution < 1.29 is 0 Å². The van der Waals surface area contributed by atoms with E-state index >= 15 is 0 Å². The zero-order chi connectivity index (χ0) is 7.26. The zero-order valence-corrected chi connectivity index (χ0v) is 6.43. The van der Waals surface area contributed by atoms with Crippen LogP contribution in [0, 0.1) is 5.92 Å². The Morgan fingerprint density at radius 2 is 2.45 bits per heavy atom. The van der Waals surface area contributed by atoms with E-state index in [4.69, 9.17) is 0 Å². The molecule has 1 saturated heterocycles. The second kappa shape index (κ2) is 1.79. The topological polar surface area (TPSA) is 12.0 Å². The van der Waals surface area contributed by atoms with Gasteiger partial charge in [-0.05, 0) is 24.0 Å². The molecule has 0 bridgehead atoms. The van der Waals surface area contributed by atoms with Gasteiger partial charge in [-0.3, -0.25) is 0 Å². The summed E-state index contributed by atoms with van der Waals surface area (Å²) >= 11 is 0. The van der Waals surface area contributed by atoms with Crippen LogP contribution in [-0.4, -0.2) is 6.54 Å². The Morgan fingerprint density at radius 3 is 3.45 bits per heavy atom. The van der Waals surface area contributed by atoms with Crippen LogP contribution < -0.4 is 5.32 Å². The molecule has 1 fully saturated rings. The highest BCUT2D eigenvalue weighted by atomic mass is 14.9. The van der Waals surface area contributed by atoms with Crippen molar-refractivity contribution in [2.45, 2.75) is 12.8 Å². The molecular weight excluding hydrogens is 134 g/mol. The van der Waals surface area contributed by atoms with E-state index in [0.717, 1.165) is 5.92 Å². The highest BCUT2D eigenvalue weighted by molar-refractivity contribution is 5.62. The van der Waals surface area contributed by atoms with Gasteiger partial charge in [-0.1, -0.05) is 18.2 Å². The summed E-state index contributed by atoms with van der Waals surface area (Å²) < 4.78 is 0. The first kappa shape index (κ1) is 5.64. The Hall–Kier alpha value is -0.980. The van der Waals surface area contributed by atoms with Gasteiger partial charge in [-0.15, -0.1) is 0 Å². The molecule has 1 nitrogen and oxygen atoms in total. The van der Waals surface area contributed by atoms with Crippen molar-refractivity contribution in [2.75, 3.05) is 6.54 Å². The van der Waals surface area contributed by atoms with Crippen molar-refractivity contribution in [3.63, 3.8) is 0 Å². The van der Waals surface area contributed by atoms with Crippen molar-refractivity contribution in [3.8, 4) is 0 Å². The Labute approximate surface area is 66.5 Å². The number of piperidine rings is 1. The molecule has 2 aliphatic carbocycles. The standard InChI is InChI=1S/C10H11N/c1-3-7-8(4-1)10-9(7)5-2-6-11-10/h1,3-4,9,11H,2,5-6H2. The molecule has 1 aliphatic heterocycles. The molecule has 0 aromatic heterocycles. The molecule has 56 valence electrons. The third-order valence-corrected chi connectivity index (χ3v) is 2.85. The van der Waals surface area contributed by atoms with Gasteiger partial charge in [0.15, 0.2) is 0 Å². The van der Waals surface area contributed by atoms with E-state index in [0.29, 0.717) is 0 Å². The van der Waals surface area contributed by atoms with Gasteiger partial charge in [-0.25, -0.2) is 0 Å². The van der Waals surface area contributed by atoms with Crippen LogP contribution >= 0.6 is 0 Å². The van der Waals surface area contributed by atoms with Crippen molar-refractivity contribution in [1.82, 2.24) is 5.32 Å². The molecule has 3 rings (SSSR count). The molecule has 0 radical (unpaired) electrons. The minimum absolute atomic E-state index is 0.772. The lowest BCUT2D eigenvalue weighted by atomic mass is 9.74. The number of fused-ring (bicyclic) bond motifs is 3. The zero-order valence-electron chi connectivity index (χ0n) is 6.43. The largest absolute Gasteiger partial charge is 0.387 e. The molecule has 0 saturated carbocycles. The van der Waals surface area contributed by atoms with E-state index in [1.165, 1.54) is 30.7 Å². The lowest BCUT2D eigenvalue weighted by Crippen LogP contribution is -2.36. The molecule has 1 N–H and O–H groups in total. The summed E-state index contributed by atoms with van der Waals surface area (Å²) in [7, 11) is 0. The minimum Gasteiger partial charge on any atom is -0.387 e. The molecule has 3 aliphatic rings. The van der Waals surface area contributed by atoms with Crippen LogP contribution in [-0.2, 0) is 0 Å². The van der Waals surface area contributed by atoms with Gasteiger partial charge < -0.3 is 5.32 Å². The second-order valence-electron chi connectivity index (χ2n) is 3.43. The fourth-order valence-electron chi connectivity index (χ4n) is 2.30. The fraction of sp³-hybridized carbons (Fsp3) is 0.400. The molecule has 1 atom stereocenters.